The van der Waals surface area contributed by atoms with Crippen LogP contribution in [0.25, 0.3) is 0 Å². The van der Waals surface area contributed by atoms with Gasteiger partial charge in [-0.15, -0.1) is 0 Å². The lowest BCUT2D eigenvalue weighted by Crippen LogP contribution is -2.48. The van der Waals surface area contributed by atoms with Gasteiger partial charge < -0.3 is 14.5 Å². The van der Waals surface area contributed by atoms with Gasteiger partial charge in [0.25, 0.3) is 0 Å². The molecule has 0 aliphatic carbocycles. The fraction of sp³-hybridized carbons (Fsp3) is 0.688. The summed E-state index contributed by atoms with van der Waals surface area (Å²) in [5.74, 6) is 0. The van der Waals surface area contributed by atoms with E-state index >= 15 is 0 Å². The van der Waals surface area contributed by atoms with Crippen molar-refractivity contribution in [3.05, 3.63) is 24.4 Å². The van der Waals surface area contributed by atoms with Crippen LogP contribution in [0.3, 0.4) is 0 Å². The second-order valence-electron chi connectivity index (χ2n) is 6.70. The Morgan fingerprint density at radius 3 is 2.57 bits per heavy atom. The van der Waals surface area contributed by atoms with Gasteiger partial charge in [0.05, 0.1) is 6.04 Å². The minimum atomic E-state index is -0.465. The predicted molar refractivity (Wildman–Crippen MR) is 88.6 cm³/mol. The van der Waals surface area contributed by atoms with Crippen molar-refractivity contribution in [1.29, 1.82) is 0 Å². The fourth-order valence-electron chi connectivity index (χ4n) is 2.54. The quantitative estimate of drug-likeness (QED) is 0.628. The fourth-order valence-corrected chi connectivity index (χ4v) is 2.87. The summed E-state index contributed by atoms with van der Waals surface area (Å²) in [5, 5.41) is 0.232. The van der Waals surface area contributed by atoms with Crippen LogP contribution in [-0.4, -0.2) is 52.4 Å². The molecule has 2 aliphatic heterocycles. The molecule has 0 aromatic carbocycles. The minimum Gasteiger partial charge on any atom is -0.444 e. The molecule has 5 heteroatoms. The molecule has 0 N–H and O–H groups in total. The average molecular weight is 310 g/mol. The topological polar surface area (TPSA) is 32.8 Å². The lowest BCUT2D eigenvalue weighted by molar-refractivity contribution is 0.0155. The monoisotopic (exact) mass is 310 g/mol. The maximum atomic E-state index is 12.4. The third-order valence-corrected chi connectivity index (χ3v) is 4.02. The Morgan fingerprint density at radius 1 is 1.29 bits per heavy atom. The second kappa shape index (κ2) is 6.77. The van der Waals surface area contributed by atoms with Crippen molar-refractivity contribution in [1.82, 2.24) is 9.80 Å². The largest absolute Gasteiger partial charge is 0.444 e. The van der Waals surface area contributed by atoms with Crippen LogP contribution in [0.2, 0.25) is 0 Å². The zero-order valence-corrected chi connectivity index (χ0v) is 14.1. The summed E-state index contributed by atoms with van der Waals surface area (Å²) >= 11 is 4.53. The molecular formula is C16H26N2O2S. The van der Waals surface area contributed by atoms with Crippen LogP contribution in [0.15, 0.2) is 24.4 Å². The van der Waals surface area contributed by atoms with Crippen molar-refractivity contribution in [2.75, 3.05) is 19.6 Å². The van der Waals surface area contributed by atoms with Gasteiger partial charge in [-0.25, -0.2) is 4.79 Å². The Labute approximate surface area is 133 Å². The maximum Gasteiger partial charge on any atom is 0.410 e. The Morgan fingerprint density at radius 2 is 1.95 bits per heavy atom. The van der Waals surface area contributed by atoms with E-state index in [-0.39, 0.29) is 17.4 Å². The van der Waals surface area contributed by atoms with Crippen LogP contribution in [-0.2, 0) is 4.74 Å². The number of ether oxygens (including phenoxy) is 1. The zero-order valence-electron chi connectivity index (χ0n) is 13.2. The minimum absolute atomic E-state index is 0.101. The molecule has 2 heterocycles. The summed E-state index contributed by atoms with van der Waals surface area (Å²) in [7, 11) is 0. The summed E-state index contributed by atoms with van der Waals surface area (Å²) in [6, 6.07) is 0.101. The van der Waals surface area contributed by atoms with Gasteiger partial charge in [0, 0.05) is 24.9 Å². The Kier molecular flexibility index (Phi) is 5.25. The molecule has 1 saturated heterocycles. The molecule has 21 heavy (non-hydrogen) atoms. The van der Waals surface area contributed by atoms with E-state index in [9.17, 15) is 4.79 Å². The standard InChI is InChI=1S/C16H26N2O2S/c1-16(2,3)20-15(19)18-12-14(21)7-6-13(18)8-11-17-9-4-5-10-17/h4-5,8,11,13-14,21H,6-7,9-10,12H2,1-3H3/b11-8+. The second-order valence-corrected chi connectivity index (χ2v) is 7.43. The lowest BCUT2D eigenvalue weighted by Gasteiger charge is -2.37. The van der Waals surface area contributed by atoms with Crippen LogP contribution in [0.1, 0.15) is 33.6 Å². The molecule has 118 valence electrons. The molecule has 0 aromatic heterocycles. The van der Waals surface area contributed by atoms with Crippen LogP contribution in [0.5, 0.6) is 0 Å². The SMILES string of the molecule is CC(C)(C)OC(=O)N1CC(S)CCC1/C=C/N1CC=CC1. The highest BCUT2D eigenvalue weighted by molar-refractivity contribution is 7.81. The Bertz CT molecular complexity index is 420. The molecule has 0 radical (unpaired) electrons. The van der Waals surface area contributed by atoms with Gasteiger partial charge in [-0.3, -0.25) is 0 Å². The molecule has 1 amide bonds. The molecule has 0 aromatic rings. The van der Waals surface area contributed by atoms with Crippen LogP contribution < -0.4 is 0 Å². The number of hydrogen-bond acceptors (Lipinski definition) is 4. The molecule has 0 spiro atoms. The van der Waals surface area contributed by atoms with Gasteiger partial charge in [0.15, 0.2) is 0 Å². The van der Waals surface area contributed by atoms with Crippen LogP contribution >= 0.6 is 12.6 Å². The number of thiol groups is 1. The van der Waals surface area contributed by atoms with Crippen LogP contribution in [0.4, 0.5) is 4.79 Å². The van der Waals surface area contributed by atoms with Gasteiger partial charge >= 0.3 is 6.09 Å². The van der Waals surface area contributed by atoms with E-state index in [1.807, 2.05) is 25.7 Å². The number of amides is 1. The number of rotatable bonds is 2. The highest BCUT2D eigenvalue weighted by atomic mass is 32.1. The third kappa shape index (κ3) is 4.99. The van der Waals surface area contributed by atoms with Crippen molar-refractivity contribution < 1.29 is 9.53 Å². The molecule has 2 atom stereocenters. The maximum absolute atomic E-state index is 12.4. The van der Waals surface area contributed by atoms with E-state index in [0.717, 1.165) is 25.9 Å². The number of carbonyl (C=O) groups is 1. The number of hydrogen-bond donors (Lipinski definition) is 1. The smallest absolute Gasteiger partial charge is 0.410 e. The lowest BCUT2D eigenvalue weighted by atomic mass is 10.0. The first-order valence-corrected chi connectivity index (χ1v) is 8.12. The van der Waals surface area contributed by atoms with E-state index in [4.69, 9.17) is 4.74 Å². The van der Waals surface area contributed by atoms with E-state index < -0.39 is 5.60 Å². The molecule has 2 rings (SSSR count). The first-order valence-electron chi connectivity index (χ1n) is 7.60. The first kappa shape index (κ1) is 16.3. The number of nitrogens with zero attached hydrogens (tertiary/aromatic N) is 2. The van der Waals surface area contributed by atoms with E-state index in [0.29, 0.717) is 6.54 Å². The van der Waals surface area contributed by atoms with Gasteiger partial charge in [0.2, 0.25) is 0 Å². The molecule has 1 fully saturated rings. The van der Waals surface area contributed by atoms with Crippen molar-refractivity contribution in [2.45, 2.75) is 50.5 Å². The molecule has 4 nitrogen and oxygen atoms in total. The molecule has 2 aliphatic rings. The highest BCUT2D eigenvalue weighted by Crippen LogP contribution is 2.24. The summed E-state index contributed by atoms with van der Waals surface area (Å²) in [5.41, 5.74) is -0.465. The summed E-state index contributed by atoms with van der Waals surface area (Å²) in [6.45, 7) is 8.23. The molecule has 0 saturated carbocycles. The van der Waals surface area contributed by atoms with Gasteiger partial charge in [-0.1, -0.05) is 12.2 Å². The van der Waals surface area contributed by atoms with E-state index in [1.54, 1.807) is 0 Å². The van der Waals surface area contributed by atoms with E-state index in [2.05, 4.69) is 42.0 Å². The molecule has 2 unspecified atom stereocenters. The average Bonchev–Trinajstić information content (AvgIpc) is 2.88. The summed E-state index contributed by atoms with van der Waals surface area (Å²) in [6.07, 6.45) is 10.2. The summed E-state index contributed by atoms with van der Waals surface area (Å²) in [4.78, 5) is 16.4. The number of carbonyl (C=O) groups excluding carboxylic acids is 1. The first-order chi connectivity index (χ1) is 9.85. The zero-order chi connectivity index (χ0) is 15.5. The van der Waals surface area contributed by atoms with Crippen molar-refractivity contribution >= 4 is 18.7 Å². The van der Waals surface area contributed by atoms with Gasteiger partial charge in [0.1, 0.15) is 5.60 Å². The Balaban J connectivity index is 2.00. The summed E-state index contributed by atoms with van der Waals surface area (Å²) < 4.78 is 5.52. The highest BCUT2D eigenvalue weighted by Gasteiger charge is 2.32. The molecule has 0 bridgehead atoms. The number of likely N-dealkylation sites (tertiary alicyclic amines) is 1. The van der Waals surface area contributed by atoms with Crippen molar-refractivity contribution in [3.63, 3.8) is 0 Å². The van der Waals surface area contributed by atoms with E-state index in [1.165, 1.54) is 0 Å². The normalized spacial score (nSPS) is 26.7. The molecular weight excluding hydrogens is 284 g/mol. The third-order valence-electron chi connectivity index (χ3n) is 3.60. The Hall–Kier alpha value is -1.10. The van der Waals surface area contributed by atoms with Crippen LogP contribution in [0, 0.1) is 0 Å². The van der Waals surface area contributed by atoms with Crippen molar-refractivity contribution in [3.8, 4) is 0 Å². The number of piperidine rings is 1. The van der Waals surface area contributed by atoms with Gasteiger partial charge in [-0.05, 0) is 45.9 Å². The van der Waals surface area contributed by atoms with Crippen molar-refractivity contribution in [2.24, 2.45) is 0 Å². The van der Waals surface area contributed by atoms with Gasteiger partial charge in [-0.2, -0.15) is 12.6 Å². The predicted octanol–water partition coefficient (Wildman–Crippen LogP) is 3.07.